The number of carbonyl (C=O) groups is 1. The Balaban J connectivity index is 1.55. The van der Waals surface area contributed by atoms with Gasteiger partial charge < -0.3 is 15.4 Å². The van der Waals surface area contributed by atoms with Crippen LogP contribution in [0.5, 0.6) is 0 Å². The first-order chi connectivity index (χ1) is 9.36. The minimum Gasteiger partial charge on any atom is -0.378 e. The van der Waals surface area contributed by atoms with Gasteiger partial charge in [0.2, 0.25) is 0 Å². The van der Waals surface area contributed by atoms with Gasteiger partial charge in [-0.1, -0.05) is 0 Å². The second kappa shape index (κ2) is 7.81. The summed E-state index contributed by atoms with van der Waals surface area (Å²) in [4.78, 5) is 11.7. The zero-order chi connectivity index (χ0) is 13.3. The maximum atomic E-state index is 11.7. The van der Waals surface area contributed by atoms with Crippen LogP contribution in [-0.2, 0) is 4.74 Å². The Morgan fingerprint density at radius 1 is 1.42 bits per heavy atom. The maximum absolute atomic E-state index is 11.7. The molecule has 0 bridgehead atoms. The highest BCUT2D eigenvalue weighted by Crippen LogP contribution is 2.07. The molecule has 6 heteroatoms. The van der Waals surface area contributed by atoms with E-state index < -0.39 is 0 Å². The van der Waals surface area contributed by atoms with Gasteiger partial charge >= 0.3 is 0 Å². The van der Waals surface area contributed by atoms with E-state index in [1.807, 2.05) is 0 Å². The molecule has 0 atom stereocenters. The molecule has 2 heterocycles. The van der Waals surface area contributed by atoms with Gasteiger partial charge in [0.1, 0.15) is 0 Å². The first kappa shape index (κ1) is 13.9. The molecule has 2 rings (SSSR count). The molecule has 1 saturated heterocycles. The second-order valence-electron chi connectivity index (χ2n) is 4.56. The van der Waals surface area contributed by atoms with Gasteiger partial charge in [-0.15, -0.1) is 0 Å². The smallest absolute Gasteiger partial charge is 0.252 e. The molecule has 0 spiro atoms. The molecule has 104 valence electrons. The third-order valence-electron chi connectivity index (χ3n) is 3.09. The van der Waals surface area contributed by atoms with E-state index in [9.17, 15) is 4.79 Å². The molecule has 1 aromatic rings. The van der Waals surface area contributed by atoms with Crippen molar-refractivity contribution in [3.8, 4) is 0 Å². The Kier molecular flexibility index (Phi) is 5.71. The summed E-state index contributed by atoms with van der Waals surface area (Å²) in [5.74, 6) is -0.114. The van der Waals surface area contributed by atoms with Crippen LogP contribution >= 0.6 is 0 Å². The van der Waals surface area contributed by atoms with Crippen LogP contribution in [0, 0.1) is 0 Å². The predicted molar refractivity (Wildman–Crippen MR) is 70.8 cm³/mol. The summed E-state index contributed by atoms with van der Waals surface area (Å²) in [5, 5.41) is 13.4. The number of nitrogens with one attached hydrogen (secondary N) is 2. The molecule has 19 heavy (non-hydrogen) atoms. The van der Waals surface area contributed by atoms with Gasteiger partial charge in [-0.25, -0.2) is 0 Å². The molecule has 1 aliphatic heterocycles. The lowest BCUT2D eigenvalue weighted by molar-refractivity contribution is 0.0318. The summed E-state index contributed by atoms with van der Waals surface area (Å²) in [5.41, 5.74) is 0.536. The first-order valence-electron chi connectivity index (χ1n) is 6.73. The molecule has 1 fully saturated rings. The highest BCUT2D eigenvalue weighted by molar-refractivity contribution is 5.93. The van der Waals surface area contributed by atoms with Crippen LogP contribution in [0.1, 0.15) is 29.6 Å². The third kappa shape index (κ3) is 4.92. The zero-order valence-corrected chi connectivity index (χ0v) is 11.0. The topological polar surface area (TPSA) is 76.1 Å². The Morgan fingerprint density at radius 3 is 3.00 bits per heavy atom. The lowest BCUT2D eigenvalue weighted by Crippen LogP contribution is -2.33. The minimum absolute atomic E-state index is 0.114. The summed E-state index contributed by atoms with van der Waals surface area (Å²) in [7, 11) is 0. The predicted octanol–water partition coefficient (Wildman–Crippen LogP) is 0.365. The average Bonchev–Trinajstić information content (AvgIpc) is 2.49. The molecule has 0 aliphatic carbocycles. The van der Waals surface area contributed by atoms with Crippen molar-refractivity contribution in [2.45, 2.75) is 25.4 Å². The van der Waals surface area contributed by atoms with Gasteiger partial charge in [0, 0.05) is 13.2 Å². The molecule has 2 N–H and O–H groups in total. The van der Waals surface area contributed by atoms with Crippen LogP contribution in [0.25, 0.3) is 0 Å². The van der Waals surface area contributed by atoms with Crippen LogP contribution in [0.15, 0.2) is 18.5 Å². The van der Waals surface area contributed by atoms with Crippen molar-refractivity contribution in [1.29, 1.82) is 0 Å². The number of piperidine rings is 1. The number of nitrogens with zero attached hydrogens (tertiary/aromatic N) is 2. The fraction of sp³-hybridized carbons (Fsp3) is 0.615. The van der Waals surface area contributed by atoms with Crippen molar-refractivity contribution in [3.05, 3.63) is 24.0 Å². The van der Waals surface area contributed by atoms with E-state index in [0.717, 1.165) is 32.4 Å². The van der Waals surface area contributed by atoms with Crippen molar-refractivity contribution < 1.29 is 9.53 Å². The lowest BCUT2D eigenvalue weighted by Gasteiger charge is -2.22. The van der Waals surface area contributed by atoms with Crippen LogP contribution in [0.3, 0.4) is 0 Å². The largest absolute Gasteiger partial charge is 0.378 e. The van der Waals surface area contributed by atoms with Gasteiger partial charge in [-0.2, -0.15) is 10.2 Å². The van der Waals surface area contributed by atoms with Crippen LogP contribution in [-0.4, -0.2) is 48.4 Å². The number of hydrogen-bond donors (Lipinski definition) is 2. The van der Waals surface area contributed by atoms with Crippen molar-refractivity contribution in [1.82, 2.24) is 20.8 Å². The SMILES string of the molecule is O=C(NCCCOC1CCNCC1)c1ccnnc1. The number of amides is 1. The second-order valence-corrected chi connectivity index (χ2v) is 4.56. The highest BCUT2D eigenvalue weighted by Gasteiger charge is 2.12. The van der Waals surface area contributed by atoms with E-state index in [4.69, 9.17) is 4.74 Å². The summed E-state index contributed by atoms with van der Waals surface area (Å²) < 4.78 is 5.76. The molecular formula is C13H20N4O2. The van der Waals surface area contributed by atoms with Gasteiger partial charge in [0.25, 0.3) is 5.91 Å². The van der Waals surface area contributed by atoms with Gasteiger partial charge in [0.05, 0.1) is 24.1 Å². The zero-order valence-electron chi connectivity index (χ0n) is 11.0. The van der Waals surface area contributed by atoms with Crippen molar-refractivity contribution in [3.63, 3.8) is 0 Å². The molecule has 1 aromatic heterocycles. The van der Waals surface area contributed by atoms with Crippen LogP contribution in [0.2, 0.25) is 0 Å². The summed E-state index contributed by atoms with van der Waals surface area (Å²) in [6.45, 7) is 3.39. The molecule has 1 aliphatic rings. The number of ether oxygens (including phenoxy) is 1. The van der Waals surface area contributed by atoms with E-state index in [0.29, 0.717) is 24.8 Å². The number of rotatable bonds is 6. The van der Waals surface area contributed by atoms with E-state index in [1.165, 1.54) is 12.4 Å². The van der Waals surface area contributed by atoms with E-state index in [1.54, 1.807) is 6.07 Å². The molecule has 6 nitrogen and oxygen atoms in total. The van der Waals surface area contributed by atoms with Crippen LogP contribution < -0.4 is 10.6 Å². The molecule has 0 saturated carbocycles. The fourth-order valence-corrected chi connectivity index (χ4v) is 2.01. The summed E-state index contributed by atoms with van der Waals surface area (Å²) in [6.07, 6.45) is 6.33. The normalized spacial score (nSPS) is 16.2. The van der Waals surface area contributed by atoms with Crippen molar-refractivity contribution in [2.24, 2.45) is 0 Å². The van der Waals surface area contributed by atoms with Gasteiger partial charge in [0.15, 0.2) is 0 Å². The van der Waals surface area contributed by atoms with Gasteiger partial charge in [-0.3, -0.25) is 4.79 Å². The summed E-state index contributed by atoms with van der Waals surface area (Å²) in [6, 6.07) is 1.65. The Labute approximate surface area is 112 Å². The Bertz CT molecular complexity index is 379. The van der Waals surface area contributed by atoms with Gasteiger partial charge in [-0.05, 0) is 38.4 Å². The van der Waals surface area contributed by atoms with E-state index in [2.05, 4.69) is 20.8 Å². The van der Waals surface area contributed by atoms with E-state index in [-0.39, 0.29) is 5.91 Å². The molecular weight excluding hydrogens is 244 g/mol. The number of carbonyl (C=O) groups excluding carboxylic acids is 1. The number of aromatic nitrogens is 2. The fourth-order valence-electron chi connectivity index (χ4n) is 2.01. The molecule has 0 aromatic carbocycles. The Hall–Kier alpha value is -1.53. The lowest BCUT2D eigenvalue weighted by atomic mass is 10.1. The minimum atomic E-state index is -0.114. The van der Waals surface area contributed by atoms with Crippen molar-refractivity contribution in [2.75, 3.05) is 26.2 Å². The molecule has 1 amide bonds. The standard InChI is InChI=1S/C13H20N4O2/c18-13(11-2-8-16-17-10-11)15-5-1-9-19-12-3-6-14-7-4-12/h2,8,10,12,14H,1,3-7,9H2,(H,15,18). The monoisotopic (exact) mass is 264 g/mol. The average molecular weight is 264 g/mol. The van der Waals surface area contributed by atoms with Crippen LogP contribution in [0.4, 0.5) is 0 Å². The van der Waals surface area contributed by atoms with E-state index >= 15 is 0 Å². The third-order valence-corrected chi connectivity index (χ3v) is 3.09. The first-order valence-corrected chi connectivity index (χ1v) is 6.73. The molecule has 0 unspecified atom stereocenters. The van der Waals surface area contributed by atoms with Crippen molar-refractivity contribution >= 4 is 5.91 Å². The quantitative estimate of drug-likeness (QED) is 0.726. The number of hydrogen-bond acceptors (Lipinski definition) is 5. The molecule has 0 radical (unpaired) electrons. The highest BCUT2D eigenvalue weighted by atomic mass is 16.5. The Morgan fingerprint density at radius 2 is 2.26 bits per heavy atom. The maximum Gasteiger partial charge on any atom is 0.252 e. The summed E-state index contributed by atoms with van der Waals surface area (Å²) >= 11 is 0.